The van der Waals surface area contributed by atoms with Crippen molar-refractivity contribution in [2.24, 2.45) is 0 Å². The smallest absolute Gasteiger partial charge is 0.122 e. The lowest BCUT2D eigenvalue weighted by Crippen LogP contribution is -1.88. The summed E-state index contributed by atoms with van der Waals surface area (Å²) in [6, 6.07) is 4.78. The second-order valence-electron chi connectivity index (χ2n) is 2.86. The van der Waals surface area contributed by atoms with Crippen LogP contribution in [0.3, 0.4) is 0 Å². The molecule has 2 N–H and O–H groups in total. The Morgan fingerprint density at radius 2 is 1.55 bits per heavy atom. The molecule has 0 radical (unpaired) electrons. The first-order valence-corrected chi connectivity index (χ1v) is 3.63. The minimum Gasteiger partial charge on any atom is -0.508 e. The van der Waals surface area contributed by atoms with Gasteiger partial charge in [0.05, 0.1) is 0 Å². The molecular weight excluding hydrogens is 140 g/mol. The summed E-state index contributed by atoms with van der Waals surface area (Å²) >= 11 is 0. The maximum atomic E-state index is 9.30. The predicted molar refractivity (Wildman–Crippen MR) is 43.9 cm³/mol. The molecule has 2 heteroatoms. The Balaban J connectivity index is 3.21. The number of phenols is 2. The average Bonchev–Trinajstić information content (AvgIpc) is 1.85. The van der Waals surface area contributed by atoms with Crippen molar-refractivity contribution in [1.82, 2.24) is 0 Å². The van der Waals surface area contributed by atoms with Gasteiger partial charge < -0.3 is 10.2 Å². The molecule has 0 aliphatic heterocycles. The van der Waals surface area contributed by atoms with E-state index in [9.17, 15) is 10.2 Å². The normalized spacial score (nSPS) is 10.5. The van der Waals surface area contributed by atoms with Crippen molar-refractivity contribution in [3.05, 3.63) is 23.8 Å². The molecule has 1 aromatic rings. The van der Waals surface area contributed by atoms with Gasteiger partial charge in [0.25, 0.3) is 0 Å². The van der Waals surface area contributed by atoms with Crippen LogP contribution < -0.4 is 0 Å². The summed E-state index contributed by atoms with van der Waals surface area (Å²) in [5, 5.41) is 18.6. The van der Waals surface area contributed by atoms with Crippen LogP contribution in [0.2, 0.25) is 0 Å². The van der Waals surface area contributed by atoms with Crippen LogP contribution in [0.1, 0.15) is 25.3 Å². The Morgan fingerprint density at radius 3 is 1.82 bits per heavy atom. The van der Waals surface area contributed by atoms with Crippen LogP contribution >= 0.6 is 0 Å². The van der Waals surface area contributed by atoms with Crippen LogP contribution in [0, 0.1) is 0 Å². The molecule has 1 aromatic carbocycles. The largest absolute Gasteiger partial charge is 0.508 e. The molecule has 11 heavy (non-hydrogen) atoms. The van der Waals surface area contributed by atoms with E-state index in [4.69, 9.17) is 0 Å². The molecule has 0 heterocycles. The summed E-state index contributed by atoms with van der Waals surface area (Å²) in [4.78, 5) is 0. The van der Waals surface area contributed by atoms with Crippen molar-refractivity contribution in [2.75, 3.05) is 0 Å². The lowest BCUT2D eigenvalue weighted by atomic mass is 10.0. The molecule has 0 fully saturated rings. The van der Waals surface area contributed by atoms with Crippen LogP contribution in [0.5, 0.6) is 11.5 Å². The van der Waals surface area contributed by atoms with E-state index in [0.717, 1.165) is 0 Å². The van der Waals surface area contributed by atoms with Crippen LogP contribution in [-0.4, -0.2) is 10.2 Å². The van der Waals surface area contributed by atoms with E-state index in [1.807, 2.05) is 13.8 Å². The lowest BCUT2D eigenvalue weighted by Gasteiger charge is -2.09. The van der Waals surface area contributed by atoms with Crippen LogP contribution in [0.25, 0.3) is 0 Å². The van der Waals surface area contributed by atoms with E-state index in [1.165, 1.54) is 0 Å². The van der Waals surface area contributed by atoms with Crippen LogP contribution in [0.15, 0.2) is 18.2 Å². The summed E-state index contributed by atoms with van der Waals surface area (Å²) in [5.74, 6) is 0.483. The Labute approximate surface area is 66.1 Å². The number of phenolic OH excluding ortho intramolecular Hbond substituents is 2. The van der Waals surface area contributed by atoms with Gasteiger partial charge >= 0.3 is 0 Å². The fraction of sp³-hybridized carbons (Fsp3) is 0.333. The molecule has 0 saturated heterocycles. The Bertz CT molecular complexity index is 233. The van der Waals surface area contributed by atoms with Gasteiger partial charge in [-0.3, -0.25) is 0 Å². The predicted octanol–water partition coefficient (Wildman–Crippen LogP) is 2.22. The zero-order valence-corrected chi connectivity index (χ0v) is 6.70. The summed E-state index contributed by atoms with van der Waals surface area (Å²) in [5.41, 5.74) is 0.618. The summed E-state index contributed by atoms with van der Waals surface area (Å²) in [7, 11) is 0. The minimum absolute atomic E-state index is 0.149. The van der Waals surface area contributed by atoms with E-state index in [1.54, 1.807) is 18.2 Å². The zero-order chi connectivity index (χ0) is 8.43. The van der Waals surface area contributed by atoms with Crippen molar-refractivity contribution in [3.8, 4) is 11.5 Å². The quantitative estimate of drug-likeness (QED) is 0.647. The second-order valence-corrected chi connectivity index (χ2v) is 2.86. The van der Waals surface area contributed by atoms with Gasteiger partial charge in [0.15, 0.2) is 0 Å². The minimum atomic E-state index is 0.149. The molecule has 0 bridgehead atoms. The van der Waals surface area contributed by atoms with E-state index in [2.05, 4.69) is 0 Å². The Kier molecular flexibility index (Phi) is 2.03. The molecule has 0 atom stereocenters. The van der Waals surface area contributed by atoms with E-state index >= 15 is 0 Å². The van der Waals surface area contributed by atoms with Gasteiger partial charge in [0.1, 0.15) is 11.5 Å². The maximum absolute atomic E-state index is 9.30. The average molecular weight is 152 g/mol. The van der Waals surface area contributed by atoms with E-state index in [-0.39, 0.29) is 17.4 Å². The second kappa shape index (κ2) is 2.82. The van der Waals surface area contributed by atoms with Crippen molar-refractivity contribution < 1.29 is 10.2 Å². The molecule has 2 nitrogen and oxygen atoms in total. The van der Waals surface area contributed by atoms with Crippen molar-refractivity contribution in [1.29, 1.82) is 0 Å². The van der Waals surface area contributed by atoms with Gasteiger partial charge in [-0.2, -0.15) is 0 Å². The van der Waals surface area contributed by atoms with Gasteiger partial charge in [-0.1, -0.05) is 19.9 Å². The lowest BCUT2D eigenvalue weighted by molar-refractivity contribution is 0.433. The first-order chi connectivity index (χ1) is 5.13. The van der Waals surface area contributed by atoms with Crippen molar-refractivity contribution in [2.45, 2.75) is 19.8 Å². The summed E-state index contributed by atoms with van der Waals surface area (Å²) < 4.78 is 0. The molecule has 60 valence electrons. The summed E-state index contributed by atoms with van der Waals surface area (Å²) in [6.07, 6.45) is 0. The molecule has 1 rings (SSSR count). The van der Waals surface area contributed by atoms with Crippen LogP contribution in [-0.2, 0) is 0 Å². The third kappa shape index (κ3) is 1.45. The SMILES string of the molecule is CC(C)c1c(O)cccc1O. The van der Waals surface area contributed by atoms with Crippen LogP contribution in [0.4, 0.5) is 0 Å². The molecule has 0 aliphatic carbocycles. The van der Waals surface area contributed by atoms with Gasteiger partial charge in [-0.05, 0) is 18.1 Å². The fourth-order valence-corrected chi connectivity index (χ4v) is 1.13. The zero-order valence-electron chi connectivity index (χ0n) is 6.70. The Hall–Kier alpha value is -1.18. The molecule has 0 aliphatic rings. The van der Waals surface area contributed by atoms with Gasteiger partial charge in [-0.15, -0.1) is 0 Å². The highest BCUT2D eigenvalue weighted by atomic mass is 16.3. The standard InChI is InChI=1S/C9H12O2/c1-6(2)9-7(10)4-3-5-8(9)11/h3-6,10-11H,1-2H3. The highest BCUT2D eigenvalue weighted by Crippen LogP contribution is 2.32. The molecule has 0 unspecified atom stereocenters. The number of benzene rings is 1. The molecule has 0 spiro atoms. The fourth-order valence-electron chi connectivity index (χ4n) is 1.13. The maximum Gasteiger partial charge on any atom is 0.122 e. The molecule has 0 aromatic heterocycles. The third-order valence-electron chi connectivity index (χ3n) is 1.64. The monoisotopic (exact) mass is 152 g/mol. The number of aromatic hydroxyl groups is 2. The number of rotatable bonds is 1. The number of hydrogen-bond acceptors (Lipinski definition) is 2. The first-order valence-electron chi connectivity index (χ1n) is 3.63. The van der Waals surface area contributed by atoms with Gasteiger partial charge in [0, 0.05) is 5.56 Å². The highest BCUT2D eigenvalue weighted by Gasteiger charge is 2.09. The summed E-state index contributed by atoms with van der Waals surface area (Å²) in [6.45, 7) is 3.85. The third-order valence-corrected chi connectivity index (χ3v) is 1.64. The highest BCUT2D eigenvalue weighted by molar-refractivity contribution is 5.44. The van der Waals surface area contributed by atoms with E-state index in [0.29, 0.717) is 5.56 Å². The van der Waals surface area contributed by atoms with Gasteiger partial charge in [-0.25, -0.2) is 0 Å². The van der Waals surface area contributed by atoms with Crippen molar-refractivity contribution in [3.63, 3.8) is 0 Å². The topological polar surface area (TPSA) is 40.5 Å². The van der Waals surface area contributed by atoms with Crippen molar-refractivity contribution >= 4 is 0 Å². The number of hydrogen-bond donors (Lipinski definition) is 2. The van der Waals surface area contributed by atoms with E-state index < -0.39 is 0 Å². The Morgan fingerprint density at radius 1 is 1.09 bits per heavy atom. The molecular formula is C9H12O2. The molecule has 0 saturated carbocycles. The first kappa shape index (κ1) is 7.92. The van der Waals surface area contributed by atoms with Gasteiger partial charge in [0.2, 0.25) is 0 Å². The molecule has 0 amide bonds.